The average Bonchev–Trinajstić information content (AvgIpc) is 2.45. The Bertz CT molecular complexity index is 516. The Morgan fingerprint density at radius 2 is 2.20 bits per heavy atom. The SMILES string of the molecule is CC1(C)COCCN1C(=O)C1CNc2ccccc2O1. The summed E-state index contributed by atoms with van der Waals surface area (Å²) in [5, 5.41) is 3.26. The lowest BCUT2D eigenvalue weighted by atomic mass is 10.0. The van der Waals surface area contributed by atoms with Gasteiger partial charge in [0.25, 0.3) is 5.91 Å². The van der Waals surface area contributed by atoms with Gasteiger partial charge in [-0.25, -0.2) is 0 Å². The molecule has 2 aliphatic rings. The smallest absolute Gasteiger partial charge is 0.266 e. The van der Waals surface area contributed by atoms with E-state index in [9.17, 15) is 4.79 Å². The van der Waals surface area contributed by atoms with Gasteiger partial charge in [-0.15, -0.1) is 0 Å². The molecule has 1 fully saturated rings. The molecule has 0 aromatic heterocycles. The third-order valence-electron chi connectivity index (χ3n) is 3.82. The number of hydrogen-bond donors (Lipinski definition) is 1. The minimum atomic E-state index is -0.470. The van der Waals surface area contributed by atoms with Gasteiger partial charge in [0.05, 0.1) is 31.0 Å². The molecule has 5 heteroatoms. The molecule has 3 rings (SSSR count). The Hall–Kier alpha value is -1.75. The van der Waals surface area contributed by atoms with Gasteiger partial charge >= 0.3 is 0 Å². The largest absolute Gasteiger partial charge is 0.477 e. The van der Waals surface area contributed by atoms with Crippen LogP contribution in [0.1, 0.15) is 13.8 Å². The fourth-order valence-corrected chi connectivity index (χ4v) is 2.69. The molecule has 1 saturated heterocycles. The zero-order valence-electron chi connectivity index (χ0n) is 11.9. The first-order chi connectivity index (χ1) is 9.58. The van der Waals surface area contributed by atoms with Crippen molar-refractivity contribution in [3.8, 4) is 5.75 Å². The van der Waals surface area contributed by atoms with Gasteiger partial charge in [0.15, 0.2) is 6.10 Å². The van der Waals surface area contributed by atoms with E-state index in [4.69, 9.17) is 9.47 Å². The van der Waals surface area contributed by atoms with Gasteiger partial charge in [0.2, 0.25) is 0 Å². The second-order valence-electron chi connectivity index (χ2n) is 5.84. The summed E-state index contributed by atoms with van der Waals surface area (Å²) < 4.78 is 11.3. The number of carbonyl (C=O) groups is 1. The highest BCUT2D eigenvalue weighted by Crippen LogP contribution is 2.30. The molecule has 5 nitrogen and oxygen atoms in total. The third-order valence-corrected chi connectivity index (χ3v) is 3.82. The van der Waals surface area contributed by atoms with Gasteiger partial charge in [-0.05, 0) is 26.0 Å². The standard InChI is InChI=1S/C15H20N2O3/c1-15(2)10-19-8-7-17(15)14(18)13-9-16-11-5-3-4-6-12(11)20-13/h3-6,13,16H,7-10H2,1-2H3. The van der Waals surface area contributed by atoms with E-state index >= 15 is 0 Å². The molecular weight excluding hydrogens is 256 g/mol. The molecule has 1 unspecified atom stereocenters. The van der Waals surface area contributed by atoms with Crippen molar-refractivity contribution in [3.05, 3.63) is 24.3 Å². The molecule has 0 aliphatic carbocycles. The summed E-state index contributed by atoms with van der Waals surface area (Å²) in [6.07, 6.45) is -0.470. The van der Waals surface area contributed by atoms with E-state index in [1.165, 1.54) is 0 Å². The molecule has 2 heterocycles. The van der Waals surface area contributed by atoms with E-state index in [2.05, 4.69) is 5.32 Å². The van der Waals surface area contributed by atoms with Crippen molar-refractivity contribution in [2.75, 3.05) is 31.6 Å². The second-order valence-corrected chi connectivity index (χ2v) is 5.84. The highest BCUT2D eigenvalue weighted by atomic mass is 16.5. The molecule has 1 aromatic rings. The normalized spacial score (nSPS) is 24.3. The summed E-state index contributed by atoms with van der Waals surface area (Å²) in [6.45, 7) is 6.32. The van der Waals surface area contributed by atoms with Crippen LogP contribution in [0.2, 0.25) is 0 Å². The summed E-state index contributed by atoms with van der Waals surface area (Å²) in [7, 11) is 0. The Morgan fingerprint density at radius 3 is 3.00 bits per heavy atom. The Labute approximate surface area is 118 Å². The number of morpholine rings is 1. The number of anilines is 1. The van der Waals surface area contributed by atoms with Crippen LogP contribution in [0.3, 0.4) is 0 Å². The van der Waals surface area contributed by atoms with Gasteiger partial charge in [0.1, 0.15) is 5.75 Å². The highest BCUT2D eigenvalue weighted by Gasteiger charge is 2.39. The van der Waals surface area contributed by atoms with E-state index in [-0.39, 0.29) is 11.4 Å². The molecular formula is C15H20N2O3. The lowest BCUT2D eigenvalue weighted by molar-refractivity contribution is -0.153. The fraction of sp³-hybridized carbons (Fsp3) is 0.533. The molecule has 1 N–H and O–H groups in total. The van der Waals surface area contributed by atoms with Crippen LogP contribution in [-0.2, 0) is 9.53 Å². The average molecular weight is 276 g/mol. The number of carbonyl (C=O) groups excluding carboxylic acids is 1. The zero-order chi connectivity index (χ0) is 14.2. The second kappa shape index (κ2) is 4.98. The molecule has 0 radical (unpaired) electrons. The zero-order valence-corrected chi connectivity index (χ0v) is 11.9. The van der Waals surface area contributed by atoms with Crippen LogP contribution in [0.15, 0.2) is 24.3 Å². The lowest BCUT2D eigenvalue weighted by Crippen LogP contribution is -2.60. The first kappa shape index (κ1) is 13.2. The molecule has 1 atom stereocenters. The van der Waals surface area contributed by atoms with E-state index in [1.54, 1.807) is 0 Å². The lowest BCUT2D eigenvalue weighted by Gasteiger charge is -2.44. The summed E-state index contributed by atoms with van der Waals surface area (Å²) in [5.41, 5.74) is 0.660. The van der Waals surface area contributed by atoms with E-state index in [0.717, 1.165) is 11.4 Å². The predicted octanol–water partition coefficient (Wildman–Crippen LogP) is 1.50. The van der Waals surface area contributed by atoms with Crippen LogP contribution in [0, 0.1) is 0 Å². The van der Waals surface area contributed by atoms with Crippen molar-refractivity contribution in [2.24, 2.45) is 0 Å². The fourth-order valence-electron chi connectivity index (χ4n) is 2.69. The Kier molecular flexibility index (Phi) is 3.30. The number of benzene rings is 1. The van der Waals surface area contributed by atoms with E-state index in [0.29, 0.717) is 26.3 Å². The van der Waals surface area contributed by atoms with Crippen LogP contribution >= 0.6 is 0 Å². The number of fused-ring (bicyclic) bond motifs is 1. The Morgan fingerprint density at radius 1 is 1.40 bits per heavy atom. The first-order valence-electron chi connectivity index (χ1n) is 6.97. The van der Waals surface area contributed by atoms with Crippen LogP contribution in [0.25, 0.3) is 0 Å². The molecule has 20 heavy (non-hydrogen) atoms. The number of rotatable bonds is 1. The van der Waals surface area contributed by atoms with Crippen LogP contribution < -0.4 is 10.1 Å². The van der Waals surface area contributed by atoms with Crippen molar-refractivity contribution < 1.29 is 14.3 Å². The van der Waals surface area contributed by atoms with Crippen molar-refractivity contribution >= 4 is 11.6 Å². The number of ether oxygens (including phenoxy) is 2. The van der Waals surface area contributed by atoms with Crippen LogP contribution in [0.5, 0.6) is 5.75 Å². The quantitative estimate of drug-likeness (QED) is 0.844. The molecule has 108 valence electrons. The van der Waals surface area contributed by atoms with Gasteiger partial charge < -0.3 is 19.7 Å². The predicted molar refractivity (Wildman–Crippen MR) is 76.0 cm³/mol. The molecule has 0 bridgehead atoms. The molecule has 1 amide bonds. The summed E-state index contributed by atoms with van der Waals surface area (Å²) in [5.74, 6) is 0.767. The molecule has 0 spiro atoms. The van der Waals surface area contributed by atoms with Crippen molar-refractivity contribution in [3.63, 3.8) is 0 Å². The number of nitrogens with zero attached hydrogens (tertiary/aromatic N) is 1. The third kappa shape index (κ3) is 2.33. The van der Waals surface area contributed by atoms with E-state index in [1.807, 2.05) is 43.0 Å². The Balaban J connectivity index is 1.76. The number of nitrogens with one attached hydrogen (secondary N) is 1. The van der Waals surface area contributed by atoms with Crippen LogP contribution in [0.4, 0.5) is 5.69 Å². The monoisotopic (exact) mass is 276 g/mol. The topological polar surface area (TPSA) is 50.8 Å². The number of amides is 1. The van der Waals surface area contributed by atoms with Crippen molar-refractivity contribution in [2.45, 2.75) is 25.5 Å². The van der Waals surface area contributed by atoms with Gasteiger partial charge in [-0.2, -0.15) is 0 Å². The van der Waals surface area contributed by atoms with Crippen LogP contribution in [-0.4, -0.2) is 48.8 Å². The van der Waals surface area contributed by atoms with Gasteiger partial charge in [0, 0.05) is 6.54 Å². The highest BCUT2D eigenvalue weighted by molar-refractivity contribution is 5.84. The molecule has 1 aromatic carbocycles. The summed E-state index contributed by atoms with van der Waals surface area (Å²) in [4.78, 5) is 14.6. The first-order valence-corrected chi connectivity index (χ1v) is 6.97. The maximum Gasteiger partial charge on any atom is 0.266 e. The maximum absolute atomic E-state index is 12.7. The van der Waals surface area contributed by atoms with E-state index < -0.39 is 6.10 Å². The minimum absolute atomic E-state index is 0.0281. The maximum atomic E-state index is 12.7. The summed E-state index contributed by atoms with van der Waals surface area (Å²) in [6, 6.07) is 7.69. The number of para-hydroxylation sites is 2. The van der Waals surface area contributed by atoms with Crippen molar-refractivity contribution in [1.82, 2.24) is 4.90 Å². The summed E-state index contributed by atoms with van der Waals surface area (Å²) >= 11 is 0. The van der Waals surface area contributed by atoms with Gasteiger partial charge in [-0.1, -0.05) is 12.1 Å². The molecule has 2 aliphatic heterocycles. The van der Waals surface area contributed by atoms with Crippen molar-refractivity contribution in [1.29, 1.82) is 0 Å². The van der Waals surface area contributed by atoms with Gasteiger partial charge in [-0.3, -0.25) is 4.79 Å². The molecule has 0 saturated carbocycles. The number of hydrogen-bond acceptors (Lipinski definition) is 4. The minimum Gasteiger partial charge on any atom is -0.477 e.